The average Bonchev–Trinajstić information content (AvgIpc) is 2.30. The summed E-state index contributed by atoms with van der Waals surface area (Å²) in [5.74, 6) is 1.58. The predicted octanol–water partition coefficient (Wildman–Crippen LogP) is 3.58. The molecule has 0 aliphatic heterocycles. The molecule has 1 aromatic carbocycles. The fourth-order valence-electron chi connectivity index (χ4n) is 2.22. The number of ether oxygens (including phenoxy) is 1. The van der Waals surface area contributed by atoms with Crippen LogP contribution in [0.1, 0.15) is 37.2 Å². The summed E-state index contributed by atoms with van der Waals surface area (Å²) >= 11 is 6.21. The van der Waals surface area contributed by atoms with Crippen molar-refractivity contribution in [3.05, 3.63) is 28.8 Å². The minimum absolute atomic E-state index is 0.376. The third-order valence-electron chi connectivity index (χ3n) is 3.19. The molecule has 1 aromatic rings. The zero-order chi connectivity index (χ0) is 11.5. The van der Waals surface area contributed by atoms with Gasteiger partial charge in [0.05, 0.1) is 7.11 Å². The average molecular weight is 239 g/mol. The number of carbonyl (C=O) groups excluding carboxylic acids is 1. The molecule has 86 valence electrons. The third-order valence-corrected chi connectivity index (χ3v) is 3.52. The van der Waals surface area contributed by atoms with Crippen LogP contribution >= 0.6 is 11.6 Å². The quantitative estimate of drug-likeness (QED) is 0.787. The Morgan fingerprint density at radius 3 is 2.56 bits per heavy atom. The molecule has 0 bridgehead atoms. The first-order valence-corrected chi connectivity index (χ1v) is 5.93. The highest BCUT2D eigenvalue weighted by molar-refractivity contribution is 6.31. The van der Waals surface area contributed by atoms with Gasteiger partial charge >= 0.3 is 0 Å². The maximum atomic E-state index is 11.2. The summed E-state index contributed by atoms with van der Waals surface area (Å²) in [6.07, 6.45) is 3.22. The third kappa shape index (κ3) is 2.38. The molecule has 2 rings (SSSR count). The van der Waals surface area contributed by atoms with Crippen molar-refractivity contribution in [3.63, 3.8) is 0 Å². The van der Waals surface area contributed by atoms with E-state index in [-0.39, 0.29) is 0 Å². The van der Waals surface area contributed by atoms with Gasteiger partial charge in [-0.25, -0.2) is 0 Å². The minimum atomic E-state index is 0.376. The molecule has 1 aliphatic rings. The standard InChI is InChI=1S/C13H15ClO2/c1-16-11-6-7-12(13(14)8-11)9-2-4-10(15)5-3-9/h6-9H,2-5H2,1H3. The molecule has 0 radical (unpaired) electrons. The first kappa shape index (κ1) is 11.5. The van der Waals surface area contributed by atoms with Gasteiger partial charge in [0.25, 0.3) is 0 Å². The van der Waals surface area contributed by atoms with Crippen LogP contribution in [0.2, 0.25) is 5.02 Å². The fraction of sp³-hybridized carbons (Fsp3) is 0.462. The van der Waals surface area contributed by atoms with Crippen LogP contribution in [0.5, 0.6) is 5.75 Å². The molecular formula is C13H15ClO2. The van der Waals surface area contributed by atoms with Crippen LogP contribution < -0.4 is 4.74 Å². The summed E-state index contributed by atoms with van der Waals surface area (Å²) in [5.41, 5.74) is 1.15. The molecule has 0 spiro atoms. The van der Waals surface area contributed by atoms with Crippen molar-refractivity contribution in [1.29, 1.82) is 0 Å². The SMILES string of the molecule is COc1ccc(C2CCC(=O)CC2)c(Cl)c1. The monoisotopic (exact) mass is 238 g/mol. The predicted molar refractivity (Wildman–Crippen MR) is 64.2 cm³/mol. The summed E-state index contributed by atoms with van der Waals surface area (Å²) in [5, 5.41) is 0.749. The maximum absolute atomic E-state index is 11.2. The Morgan fingerprint density at radius 1 is 1.31 bits per heavy atom. The van der Waals surface area contributed by atoms with E-state index in [2.05, 4.69) is 0 Å². The van der Waals surface area contributed by atoms with E-state index in [1.54, 1.807) is 7.11 Å². The van der Waals surface area contributed by atoms with Crippen molar-refractivity contribution in [3.8, 4) is 5.75 Å². The number of benzene rings is 1. The molecule has 3 heteroatoms. The second-order valence-electron chi connectivity index (χ2n) is 4.20. The van der Waals surface area contributed by atoms with Gasteiger partial charge in [-0.3, -0.25) is 4.79 Å². The van der Waals surface area contributed by atoms with Gasteiger partial charge in [-0.1, -0.05) is 17.7 Å². The van der Waals surface area contributed by atoms with Gasteiger partial charge < -0.3 is 4.74 Å². The fourth-order valence-corrected chi connectivity index (χ4v) is 2.54. The first-order chi connectivity index (χ1) is 7.70. The molecule has 2 nitrogen and oxygen atoms in total. The van der Waals surface area contributed by atoms with Crippen LogP contribution in [0, 0.1) is 0 Å². The summed E-state index contributed by atoms with van der Waals surface area (Å²) in [7, 11) is 1.63. The first-order valence-electron chi connectivity index (χ1n) is 5.56. The Labute approximate surface area is 101 Å². The number of rotatable bonds is 2. The van der Waals surface area contributed by atoms with Crippen LogP contribution in [-0.4, -0.2) is 12.9 Å². The van der Waals surface area contributed by atoms with Gasteiger partial charge in [0.1, 0.15) is 11.5 Å². The molecule has 0 atom stereocenters. The van der Waals surface area contributed by atoms with Gasteiger partial charge in [0.15, 0.2) is 0 Å². The molecule has 0 heterocycles. The van der Waals surface area contributed by atoms with E-state index in [1.807, 2.05) is 18.2 Å². The maximum Gasteiger partial charge on any atom is 0.132 e. The second kappa shape index (κ2) is 4.88. The lowest BCUT2D eigenvalue weighted by Gasteiger charge is -2.22. The van der Waals surface area contributed by atoms with E-state index in [0.717, 1.165) is 29.2 Å². The molecule has 16 heavy (non-hydrogen) atoms. The molecular weight excluding hydrogens is 224 g/mol. The summed E-state index contributed by atoms with van der Waals surface area (Å²) in [6, 6.07) is 5.78. The van der Waals surface area contributed by atoms with Crippen molar-refractivity contribution >= 4 is 17.4 Å². The summed E-state index contributed by atoms with van der Waals surface area (Å²) in [4.78, 5) is 11.2. The van der Waals surface area contributed by atoms with Gasteiger partial charge in [0.2, 0.25) is 0 Å². The van der Waals surface area contributed by atoms with Crippen molar-refractivity contribution in [2.45, 2.75) is 31.6 Å². The minimum Gasteiger partial charge on any atom is -0.497 e. The van der Waals surface area contributed by atoms with Crippen LogP contribution in [0.25, 0.3) is 0 Å². The van der Waals surface area contributed by atoms with Crippen LogP contribution in [-0.2, 0) is 4.79 Å². The van der Waals surface area contributed by atoms with Crippen LogP contribution in [0.4, 0.5) is 0 Å². The largest absolute Gasteiger partial charge is 0.497 e. The molecule has 0 aromatic heterocycles. The molecule has 1 fully saturated rings. The van der Waals surface area contributed by atoms with Gasteiger partial charge in [-0.05, 0) is 36.5 Å². The number of carbonyl (C=O) groups is 1. The van der Waals surface area contributed by atoms with Crippen LogP contribution in [0.15, 0.2) is 18.2 Å². The van der Waals surface area contributed by atoms with E-state index >= 15 is 0 Å². The highest BCUT2D eigenvalue weighted by Crippen LogP contribution is 2.36. The lowest BCUT2D eigenvalue weighted by atomic mass is 9.83. The molecule has 0 unspecified atom stereocenters. The zero-order valence-corrected chi connectivity index (χ0v) is 10.1. The normalized spacial score (nSPS) is 17.5. The van der Waals surface area contributed by atoms with E-state index in [4.69, 9.17) is 16.3 Å². The summed E-state index contributed by atoms with van der Waals surface area (Å²) in [6.45, 7) is 0. The molecule has 0 amide bonds. The number of methoxy groups -OCH3 is 1. The highest BCUT2D eigenvalue weighted by atomic mass is 35.5. The van der Waals surface area contributed by atoms with Crippen molar-refractivity contribution in [2.75, 3.05) is 7.11 Å². The van der Waals surface area contributed by atoms with Crippen molar-refractivity contribution < 1.29 is 9.53 Å². The van der Waals surface area contributed by atoms with Crippen molar-refractivity contribution in [2.24, 2.45) is 0 Å². The molecule has 1 saturated carbocycles. The number of hydrogen-bond donors (Lipinski definition) is 0. The van der Waals surface area contributed by atoms with Gasteiger partial charge in [-0.15, -0.1) is 0 Å². The van der Waals surface area contributed by atoms with Crippen molar-refractivity contribution in [1.82, 2.24) is 0 Å². The van der Waals surface area contributed by atoms with E-state index in [1.165, 1.54) is 0 Å². The zero-order valence-electron chi connectivity index (χ0n) is 9.33. The van der Waals surface area contributed by atoms with Gasteiger partial charge in [0, 0.05) is 17.9 Å². The van der Waals surface area contributed by atoms with E-state index < -0.39 is 0 Å². The number of Topliss-reactive ketones (excluding diaryl/α,β-unsaturated/α-hetero) is 1. The van der Waals surface area contributed by atoms with E-state index in [0.29, 0.717) is 24.5 Å². The lowest BCUT2D eigenvalue weighted by Crippen LogP contribution is -2.12. The number of halogens is 1. The topological polar surface area (TPSA) is 26.3 Å². The highest BCUT2D eigenvalue weighted by Gasteiger charge is 2.22. The molecule has 0 N–H and O–H groups in total. The summed E-state index contributed by atoms with van der Waals surface area (Å²) < 4.78 is 5.12. The van der Waals surface area contributed by atoms with Crippen LogP contribution in [0.3, 0.4) is 0 Å². The van der Waals surface area contributed by atoms with E-state index in [9.17, 15) is 4.79 Å². The molecule has 1 aliphatic carbocycles. The number of hydrogen-bond acceptors (Lipinski definition) is 2. The second-order valence-corrected chi connectivity index (χ2v) is 4.61. The Bertz CT molecular complexity index is 391. The van der Waals surface area contributed by atoms with Gasteiger partial charge in [-0.2, -0.15) is 0 Å². The molecule has 0 saturated heterocycles. The Kier molecular flexibility index (Phi) is 3.49. The smallest absolute Gasteiger partial charge is 0.132 e. The Morgan fingerprint density at radius 2 is 2.00 bits per heavy atom. The Hall–Kier alpha value is -1.02. The lowest BCUT2D eigenvalue weighted by molar-refractivity contribution is -0.120. The Balaban J connectivity index is 2.17. The number of ketones is 1.